The molecule has 15 aromatic rings. The maximum Gasteiger partial charge on any atom is 0.117 e. The summed E-state index contributed by atoms with van der Waals surface area (Å²) in [4.78, 5) is 7.82. The van der Waals surface area contributed by atoms with Crippen LogP contribution in [0.3, 0.4) is 0 Å². The summed E-state index contributed by atoms with van der Waals surface area (Å²) in [7, 11) is 4.67. The van der Waals surface area contributed by atoms with Crippen molar-refractivity contribution in [3.8, 4) is 39.2 Å². The Kier molecular flexibility index (Phi) is 13.8. The fourth-order valence-electron chi connectivity index (χ4n) is 15.6. The normalized spacial score (nSPS) is 14.6. The van der Waals surface area contributed by atoms with Crippen LogP contribution < -0.4 is 9.80 Å². The molecule has 1 aliphatic heterocycles. The fraction of sp³-hybridized carbons (Fsp3) is 0.167. The topological polar surface area (TPSA) is 19.6 Å². The summed E-state index contributed by atoms with van der Waals surface area (Å²) in [5.74, 6) is 1.11. The largest absolute Gasteiger partial charge is 0.330 e. The summed E-state index contributed by atoms with van der Waals surface area (Å²) < 4.78 is 10.4. The van der Waals surface area contributed by atoms with E-state index in [0.29, 0.717) is 0 Å². The van der Waals surface area contributed by atoms with Crippen LogP contribution in [0.5, 0.6) is 0 Å². The van der Waals surface area contributed by atoms with Gasteiger partial charge in [-0.05, 0) is 245 Å². The van der Waals surface area contributed by atoms with Crippen LogP contribution in [0.1, 0.15) is 69.0 Å². The Labute approximate surface area is 541 Å². The number of thiophene rings is 2. The highest BCUT2D eigenvalue weighted by molar-refractivity contribution is 7.27. The summed E-state index contributed by atoms with van der Waals surface area (Å²) in [6.45, 7) is 17.8. The van der Waals surface area contributed by atoms with Crippen LogP contribution in [0.2, 0.25) is 0 Å². The zero-order chi connectivity index (χ0) is 62.1. The Bertz CT molecular complexity index is 5200. The predicted octanol–water partition coefficient (Wildman–Crippen LogP) is 23.7. The summed E-state index contributed by atoms with van der Waals surface area (Å²) in [5.41, 5.74) is 27.0. The first-order chi connectivity index (χ1) is 44.2. The Balaban J connectivity index is 0.961. The van der Waals surface area contributed by atoms with Crippen LogP contribution in [0, 0.1) is 55.4 Å². The molecule has 5 nitrogen and oxygen atoms in total. The maximum atomic E-state index is 2.71. The van der Waals surface area contributed by atoms with Crippen LogP contribution in [0.15, 0.2) is 224 Å². The molecule has 1 saturated heterocycles. The highest BCUT2D eigenvalue weighted by atomic mass is 32.1. The second kappa shape index (κ2) is 22.2. The predicted molar refractivity (Wildman–Crippen MR) is 393 cm³/mol. The maximum absolute atomic E-state index is 2.71. The van der Waals surface area contributed by atoms with Gasteiger partial charge in [0.05, 0.1) is 22.9 Å². The molecule has 0 saturated carbocycles. The van der Waals surface area contributed by atoms with Gasteiger partial charge in [-0.2, -0.15) is 0 Å². The van der Waals surface area contributed by atoms with E-state index in [-0.39, 0.29) is 12.2 Å². The van der Waals surface area contributed by atoms with E-state index in [0.717, 1.165) is 41.4 Å². The van der Waals surface area contributed by atoms with Gasteiger partial charge in [0, 0.05) is 98.2 Å². The lowest BCUT2D eigenvalue weighted by molar-refractivity contribution is 0.247. The van der Waals surface area contributed by atoms with Crippen molar-refractivity contribution in [3.05, 3.63) is 275 Å². The molecule has 0 bridgehead atoms. The molecule has 91 heavy (non-hydrogen) atoms. The molecule has 2 atom stereocenters. The lowest BCUT2D eigenvalue weighted by Crippen LogP contribution is -2.41. The zero-order valence-corrected chi connectivity index (χ0v) is 55.1. The SMILES string of the molecule is Cc1cc(C)cc(N(c2cc(C)cc(C)c2)c2ccc(-c3cc4c(c5sc6ccccc6c35)c3c5c(sc6ccccc65)c(C5CCC(N(c6cc(C)cc(C)c6)c6cc(C)cc(C)c6)N5C)cc3n4-c3ccc(-c4ccc(-c5ccccc5)cc4)cc3)n2C)c1. The summed E-state index contributed by atoms with van der Waals surface area (Å²) in [5, 5.41) is 7.88. The van der Waals surface area contributed by atoms with E-state index in [1.807, 2.05) is 22.7 Å². The van der Waals surface area contributed by atoms with Gasteiger partial charge < -0.3 is 14.0 Å². The standard InChI is InChI=1S/C84H73N5S2/c1-50-36-51(2)41-63(40-50)87(64-42-52(3)37-53(4)43-64)77-34-32-71(85(77)9)69-48-74-82(84-79(69)67-20-14-16-22-75(67)91-84)81-73(89(74)62-30-28-61(29-31-62)60-26-24-59(25-27-60)58-18-12-11-13-19-58)49-70(83-80(81)68-21-15-17-23-76(68)90-83)72-33-35-78(86(72)10)88(65-44-54(5)38-55(6)45-65)66-46-56(7)39-57(8)47-66/h11-32,34,36-49,72,78H,33,35H2,1-10H3. The van der Waals surface area contributed by atoms with Gasteiger partial charge in [-0.25, -0.2) is 0 Å². The average molecular weight is 1220 g/mol. The van der Waals surface area contributed by atoms with Gasteiger partial charge in [0.25, 0.3) is 0 Å². The van der Waals surface area contributed by atoms with E-state index in [4.69, 9.17) is 0 Å². The van der Waals surface area contributed by atoms with Gasteiger partial charge in [-0.15, -0.1) is 22.7 Å². The summed E-state index contributed by atoms with van der Waals surface area (Å²) in [6, 6.07) is 85.6. The van der Waals surface area contributed by atoms with E-state index in [1.54, 1.807) is 0 Å². The minimum Gasteiger partial charge on any atom is -0.330 e. The minimum atomic E-state index is 0.115. The molecule has 5 heterocycles. The van der Waals surface area contributed by atoms with Gasteiger partial charge in [0.1, 0.15) is 5.82 Å². The third-order valence-corrected chi connectivity index (χ3v) is 21.7. The van der Waals surface area contributed by atoms with Crippen molar-refractivity contribution in [1.29, 1.82) is 0 Å². The smallest absolute Gasteiger partial charge is 0.117 e. The molecule has 1 fully saturated rings. The van der Waals surface area contributed by atoms with E-state index in [2.05, 4.69) is 318 Å². The quantitative estimate of drug-likeness (QED) is 0.129. The lowest BCUT2D eigenvalue weighted by atomic mass is 9.96. The van der Waals surface area contributed by atoms with Gasteiger partial charge >= 0.3 is 0 Å². The molecule has 0 radical (unpaired) electrons. The molecule has 7 heteroatoms. The van der Waals surface area contributed by atoms with Crippen LogP contribution >= 0.6 is 22.7 Å². The van der Waals surface area contributed by atoms with E-state index >= 15 is 0 Å². The molecule has 11 aromatic carbocycles. The van der Waals surface area contributed by atoms with Gasteiger partial charge in [-0.3, -0.25) is 9.80 Å². The number of aryl methyl sites for hydroxylation is 8. The first-order valence-electron chi connectivity index (χ1n) is 32.0. The highest BCUT2D eigenvalue weighted by Gasteiger charge is 2.39. The van der Waals surface area contributed by atoms with Crippen molar-refractivity contribution in [3.63, 3.8) is 0 Å². The molecule has 0 spiro atoms. The number of hydrogen-bond donors (Lipinski definition) is 0. The lowest BCUT2D eigenvalue weighted by Gasteiger charge is -2.38. The number of fused-ring (bicyclic) bond motifs is 11. The minimum absolute atomic E-state index is 0.115. The Morgan fingerprint density at radius 3 is 1.37 bits per heavy atom. The first-order valence-corrected chi connectivity index (χ1v) is 33.7. The Morgan fingerprint density at radius 2 is 0.835 bits per heavy atom. The molecule has 446 valence electrons. The fourth-order valence-corrected chi connectivity index (χ4v) is 18.2. The Morgan fingerprint density at radius 1 is 0.385 bits per heavy atom. The molecular formula is C84H73N5S2. The molecule has 1 aliphatic rings. The Hall–Kier alpha value is -9.50. The van der Waals surface area contributed by atoms with Gasteiger partial charge in [0.2, 0.25) is 0 Å². The molecule has 2 unspecified atom stereocenters. The molecule has 0 amide bonds. The number of anilines is 5. The van der Waals surface area contributed by atoms with Crippen molar-refractivity contribution in [2.75, 3.05) is 16.8 Å². The number of aromatic nitrogens is 2. The first kappa shape index (κ1) is 56.7. The monoisotopic (exact) mass is 1220 g/mol. The van der Waals surface area contributed by atoms with E-state index in [9.17, 15) is 0 Å². The molecule has 0 N–H and O–H groups in total. The van der Waals surface area contributed by atoms with Gasteiger partial charge in [0.15, 0.2) is 0 Å². The van der Waals surface area contributed by atoms with Crippen LogP contribution in [-0.4, -0.2) is 27.2 Å². The number of nitrogens with zero attached hydrogens (tertiary/aromatic N) is 5. The molecule has 0 aliphatic carbocycles. The summed E-state index contributed by atoms with van der Waals surface area (Å²) >= 11 is 3.93. The van der Waals surface area contributed by atoms with Gasteiger partial charge in [-0.1, -0.05) is 127 Å². The van der Waals surface area contributed by atoms with Crippen molar-refractivity contribution in [2.24, 2.45) is 7.05 Å². The van der Waals surface area contributed by atoms with Crippen molar-refractivity contribution in [1.82, 2.24) is 14.0 Å². The van der Waals surface area contributed by atoms with Crippen molar-refractivity contribution in [2.45, 2.75) is 80.4 Å². The number of likely N-dealkylation sites (tertiary alicyclic amines) is 1. The number of benzene rings is 11. The van der Waals surface area contributed by atoms with Crippen molar-refractivity contribution >= 4 is 113 Å². The average Bonchev–Trinajstić information content (AvgIpc) is 1.53. The second-order valence-electron chi connectivity index (χ2n) is 26.1. The van der Waals surface area contributed by atoms with Crippen LogP contribution in [-0.2, 0) is 7.05 Å². The zero-order valence-electron chi connectivity index (χ0n) is 53.5. The summed E-state index contributed by atoms with van der Waals surface area (Å²) in [6.07, 6.45) is 2.14. The molecule has 16 rings (SSSR count). The van der Waals surface area contributed by atoms with E-state index in [1.165, 1.54) is 151 Å². The number of hydrogen-bond acceptors (Lipinski definition) is 5. The highest BCUT2D eigenvalue weighted by Crippen LogP contribution is 2.55. The molecule has 4 aromatic heterocycles. The van der Waals surface area contributed by atoms with E-state index < -0.39 is 0 Å². The third-order valence-electron chi connectivity index (χ3n) is 19.3. The molecular weight excluding hydrogens is 1140 g/mol. The van der Waals surface area contributed by atoms with Crippen molar-refractivity contribution < 1.29 is 0 Å². The van der Waals surface area contributed by atoms with Crippen LogP contribution in [0.25, 0.3) is 101 Å². The van der Waals surface area contributed by atoms with Crippen LogP contribution in [0.4, 0.5) is 28.6 Å². The second-order valence-corrected chi connectivity index (χ2v) is 28.2. The third kappa shape index (κ3) is 9.67. The number of rotatable bonds is 11.